The zero-order valence-corrected chi connectivity index (χ0v) is 21.2. The molecule has 39 heavy (non-hydrogen) atoms. The summed E-state index contributed by atoms with van der Waals surface area (Å²) in [6.07, 6.45) is 4.23. The van der Waals surface area contributed by atoms with Gasteiger partial charge in [-0.1, -0.05) is 121 Å². The Bertz CT molecular complexity index is 1640. The average molecular weight is 504 g/mol. The van der Waals surface area contributed by atoms with E-state index >= 15 is 0 Å². The molecular weight excluding hydrogens is 478 g/mol. The topological polar surface area (TPSA) is 67.9 Å². The van der Waals surface area contributed by atoms with Gasteiger partial charge in [0.2, 0.25) is 0 Å². The van der Waals surface area contributed by atoms with Crippen LogP contribution < -0.4 is 4.90 Å². The van der Waals surface area contributed by atoms with Crippen molar-refractivity contribution in [2.45, 2.75) is 18.0 Å². The Labute approximate surface area is 228 Å². The molecule has 0 saturated carbocycles. The van der Waals surface area contributed by atoms with Crippen molar-refractivity contribution in [3.05, 3.63) is 149 Å². The SMILES string of the molecule is N#CC(C#N)=C(c1ccccc1)[C@@H]1[C@H](c2ccccc2)[C@H](C(=O)c2ccccc2)N2c3ccccc3C=C[C@H]12. The maximum absolute atomic E-state index is 14.5. The summed E-state index contributed by atoms with van der Waals surface area (Å²) in [7, 11) is 0. The van der Waals surface area contributed by atoms with Crippen molar-refractivity contribution >= 4 is 23.1 Å². The Morgan fingerprint density at radius 1 is 0.692 bits per heavy atom. The molecule has 2 heterocycles. The normalized spacial score (nSPS) is 20.7. The van der Waals surface area contributed by atoms with Gasteiger partial charge in [-0.2, -0.15) is 10.5 Å². The molecule has 1 saturated heterocycles. The van der Waals surface area contributed by atoms with Crippen LogP contribution in [0.3, 0.4) is 0 Å². The highest BCUT2D eigenvalue weighted by Crippen LogP contribution is 2.54. The number of carbonyl (C=O) groups is 1. The molecule has 4 nitrogen and oxygen atoms in total. The Kier molecular flexibility index (Phi) is 6.37. The molecule has 4 atom stereocenters. The summed E-state index contributed by atoms with van der Waals surface area (Å²) in [4.78, 5) is 16.7. The van der Waals surface area contributed by atoms with E-state index in [1.165, 1.54) is 0 Å². The van der Waals surface area contributed by atoms with Crippen LogP contribution in [0, 0.1) is 28.6 Å². The Morgan fingerprint density at radius 3 is 1.90 bits per heavy atom. The molecule has 0 radical (unpaired) electrons. The van der Waals surface area contributed by atoms with E-state index in [1.807, 2.05) is 91.0 Å². The van der Waals surface area contributed by atoms with Crippen LogP contribution in [0.5, 0.6) is 0 Å². The molecule has 0 N–H and O–H groups in total. The highest BCUT2D eigenvalue weighted by molar-refractivity contribution is 6.04. The number of fused-ring (bicyclic) bond motifs is 3. The predicted octanol–water partition coefficient (Wildman–Crippen LogP) is 7.05. The summed E-state index contributed by atoms with van der Waals surface area (Å²) >= 11 is 0. The van der Waals surface area contributed by atoms with Crippen LogP contribution in [0.25, 0.3) is 11.6 Å². The number of carbonyl (C=O) groups excluding carboxylic acids is 1. The molecule has 0 amide bonds. The number of ketones is 1. The smallest absolute Gasteiger partial charge is 0.185 e. The second kappa shape index (κ2) is 10.3. The molecule has 2 aliphatic heterocycles. The fourth-order valence-corrected chi connectivity index (χ4v) is 6.27. The third-order valence-electron chi connectivity index (χ3n) is 7.83. The van der Waals surface area contributed by atoms with E-state index in [1.54, 1.807) is 0 Å². The Balaban J connectivity index is 1.67. The van der Waals surface area contributed by atoms with E-state index in [2.05, 4.69) is 53.5 Å². The number of hydrogen-bond acceptors (Lipinski definition) is 4. The van der Waals surface area contributed by atoms with Gasteiger partial charge in [0.1, 0.15) is 23.8 Å². The first kappa shape index (κ1) is 24.2. The molecule has 0 spiro atoms. The van der Waals surface area contributed by atoms with Gasteiger partial charge in [-0.25, -0.2) is 0 Å². The van der Waals surface area contributed by atoms with Crippen molar-refractivity contribution in [2.75, 3.05) is 4.90 Å². The minimum atomic E-state index is -0.548. The maximum atomic E-state index is 14.5. The number of allylic oxidation sites excluding steroid dienone is 1. The Hall–Kier alpha value is -5.19. The van der Waals surface area contributed by atoms with Crippen molar-refractivity contribution in [1.29, 1.82) is 10.5 Å². The van der Waals surface area contributed by atoms with Crippen LogP contribution >= 0.6 is 0 Å². The first-order valence-corrected chi connectivity index (χ1v) is 13.0. The van der Waals surface area contributed by atoms with Gasteiger partial charge >= 0.3 is 0 Å². The second-order valence-corrected chi connectivity index (χ2v) is 9.83. The summed E-state index contributed by atoms with van der Waals surface area (Å²) in [6.45, 7) is 0. The highest BCUT2D eigenvalue weighted by atomic mass is 16.1. The highest BCUT2D eigenvalue weighted by Gasteiger charge is 2.54. The fraction of sp³-hybridized carbons (Fsp3) is 0.114. The number of nitrogens with zero attached hydrogens (tertiary/aromatic N) is 3. The number of para-hydroxylation sites is 1. The molecule has 4 aromatic carbocycles. The van der Waals surface area contributed by atoms with E-state index in [0.29, 0.717) is 11.1 Å². The molecule has 6 rings (SSSR count). The number of rotatable bonds is 5. The van der Waals surface area contributed by atoms with Crippen molar-refractivity contribution < 1.29 is 4.79 Å². The Morgan fingerprint density at radius 2 is 1.26 bits per heavy atom. The van der Waals surface area contributed by atoms with E-state index in [9.17, 15) is 15.3 Å². The molecule has 2 aliphatic rings. The molecule has 4 aromatic rings. The van der Waals surface area contributed by atoms with Gasteiger partial charge in [-0.3, -0.25) is 4.79 Å². The van der Waals surface area contributed by atoms with Gasteiger partial charge < -0.3 is 4.90 Å². The number of benzene rings is 4. The predicted molar refractivity (Wildman–Crippen MR) is 154 cm³/mol. The van der Waals surface area contributed by atoms with E-state index in [0.717, 1.165) is 22.4 Å². The van der Waals surface area contributed by atoms with Crippen LogP contribution in [0.4, 0.5) is 5.69 Å². The largest absolute Gasteiger partial charge is 0.353 e. The average Bonchev–Trinajstić information content (AvgIpc) is 3.36. The van der Waals surface area contributed by atoms with Crippen molar-refractivity contribution in [2.24, 2.45) is 5.92 Å². The first-order valence-electron chi connectivity index (χ1n) is 13.0. The monoisotopic (exact) mass is 503 g/mol. The number of Topliss-reactive ketones (excluding diaryl/α,β-unsaturated/α-hetero) is 1. The lowest BCUT2D eigenvalue weighted by Crippen LogP contribution is -2.43. The van der Waals surface area contributed by atoms with Gasteiger partial charge in [0.25, 0.3) is 0 Å². The standard InChI is InChI=1S/C35H25N3O/c36-22-28(23-37)31(25-13-4-1-5-14-25)33-30-21-20-24-12-10-11-19-29(24)38(30)34(32(33)26-15-6-2-7-16-26)35(39)27-17-8-3-9-18-27/h1-21,30,32-34H/t30-,32+,33-,34-/m1/s1. The zero-order valence-electron chi connectivity index (χ0n) is 21.2. The van der Waals surface area contributed by atoms with E-state index in [4.69, 9.17) is 0 Å². The fourth-order valence-electron chi connectivity index (χ4n) is 6.27. The van der Waals surface area contributed by atoms with Crippen molar-refractivity contribution in [3.63, 3.8) is 0 Å². The summed E-state index contributed by atoms with van der Waals surface area (Å²) in [5, 5.41) is 20.3. The molecule has 0 unspecified atom stereocenters. The summed E-state index contributed by atoms with van der Waals surface area (Å²) in [6, 6.07) is 40.8. The lowest BCUT2D eigenvalue weighted by Gasteiger charge is -2.36. The van der Waals surface area contributed by atoms with Crippen molar-refractivity contribution in [1.82, 2.24) is 0 Å². The minimum absolute atomic E-state index is 0.0185. The molecule has 1 fully saturated rings. The van der Waals surface area contributed by atoms with Gasteiger partial charge in [-0.05, 0) is 28.3 Å². The lowest BCUT2D eigenvalue weighted by molar-refractivity contribution is 0.0953. The second-order valence-electron chi connectivity index (χ2n) is 9.83. The minimum Gasteiger partial charge on any atom is -0.353 e. The lowest BCUT2D eigenvalue weighted by atomic mass is 9.73. The van der Waals surface area contributed by atoms with Crippen LogP contribution in [0.15, 0.2) is 127 Å². The summed E-state index contributed by atoms with van der Waals surface area (Å²) in [5.41, 5.74) is 5.23. The van der Waals surface area contributed by atoms with Gasteiger partial charge in [0.05, 0.1) is 6.04 Å². The van der Waals surface area contributed by atoms with Gasteiger partial charge in [-0.15, -0.1) is 0 Å². The van der Waals surface area contributed by atoms with Gasteiger partial charge in [0.15, 0.2) is 5.78 Å². The third kappa shape index (κ3) is 4.13. The molecule has 186 valence electrons. The maximum Gasteiger partial charge on any atom is 0.185 e. The molecule has 4 heteroatoms. The molecule has 0 bridgehead atoms. The quantitative estimate of drug-likeness (QED) is 0.216. The van der Waals surface area contributed by atoms with Crippen LogP contribution in [-0.2, 0) is 0 Å². The van der Waals surface area contributed by atoms with Crippen LogP contribution in [0.2, 0.25) is 0 Å². The first-order chi connectivity index (χ1) is 19.2. The number of hydrogen-bond donors (Lipinski definition) is 0. The summed E-state index contributed by atoms with van der Waals surface area (Å²) in [5.74, 6) is -0.622. The molecular formula is C35H25N3O. The summed E-state index contributed by atoms with van der Waals surface area (Å²) < 4.78 is 0. The third-order valence-corrected chi connectivity index (χ3v) is 7.83. The zero-order chi connectivity index (χ0) is 26.8. The van der Waals surface area contributed by atoms with Crippen LogP contribution in [0.1, 0.15) is 33.0 Å². The number of nitriles is 2. The molecule has 0 aliphatic carbocycles. The molecule has 0 aromatic heterocycles. The van der Waals surface area contributed by atoms with Crippen molar-refractivity contribution in [3.8, 4) is 12.1 Å². The van der Waals surface area contributed by atoms with E-state index in [-0.39, 0.29) is 29.2 Å². The van der Waals surface area contributed by atoms with Gasteiger partial charge in [0, 0.05) is 23.1 Å². The van der Waals surface area contributed by atoms with Crippen LogP contribution in [-0.4, -0.2) is 17.9 Å². The number of anilines is 1. The van der Waals surface area contributed by atoms with E-state index < -0.39 is 6.04 Å².